The quantitative estimate of drug-likeness (QED) is 0.615. The molecule has 0 radical (unpaired) electrons. The lowest BCUT2D eigenvalue weighted by Crippen LogP contribution is -2.13. The predicted octanol–water partition coefficient (Wildman–Crippen LogP) is 4.07. The SMILES string of the molecule is COC(=O)c1ccc(C(=O)N=c2sc3cc(Cl)cc(Cl)c3n2C)cc1. The normalized spacial score (nSPS) is 11.8. The third-order valence-electron chi connectivity index (χ3n) is 3.57. The maximum atomic E-state index is 12.4. The number of esters is 1. The Morgan fingerprint density at radius 2 is 1.76 bits per heavy atom. The van der Waals surface area contributed by atoms with E-state index in [2.05, 4.69) is 9.73 Å². The van der Waals surface area contributed by atoms with Crippen molar-refractivity contribution >= 4 is 56.6 Å². The van der Waals surface area contributed by atoms with Crippen molar-refractivity contribution in [2.45, 2.75) is 0 Å². The van der Waals surface area contributed by atoms with E-state index in [1.807, 2.05) is 0 Å². The smallest absolute Gasteiger partial charge is 0.337 e. The van der Waals surface area contributed by atoms with E-state index >= 15 is 0 Å². The minimum Gasteiger partial charge on any atom is -0.465 e. The number of nitrogens with zero attached hydrogens (tertiary/aromatic N) is 2. The van der Waals surface area contributed by atoms with Crippen LogP contribution in [0, 0.1) is 0 Å². The molecule has 0 atom stereocenters. The Balaban J connectivity index is 2.01. The third-order valence-corrected chi connectivity index (χ3v) is 5.15. The van der Waals surface area contributed by atoms with E-state index in [9.17, 15) is 9.59 Å². The van der Waals surface area contributed by atoms with Crippen molar-refractivity contribution in [3.8, 4) is 0 Å². The number of amides is 1. The van der Waals surface area contributed by atoms with Crippen LogP contribution in [-0.4, -0.2) is 23.6 Å². The minimum atomic E-state index is -0.460. The number of hydrogen-bond donors (Lipinski definition) is 0. The number of halogens is 2. The number of rotatable bonds is 2. The van der Waals surface area contributed by atoms with E-state index in [0.717, 1.165) is 10.2 Å². The average Bonchev–Trinajstić information content (AvgIpc) is 2.89. The molecule has 8 heteroatoms. The molecule has 128 valence electrons. The summed E-state index contributed by atoms with van der Waals surface area (Å²) in [6.07, 6.45) is 0. The molecule has 25 heavy (non-hydrogen) atoms. The van der Waals surface area contributed by atoms with Crippen molar-refractivity contribution in [2.75, 3.05) is 7.11 Å². The van der Waals surface area contributed by atoms with Crippen molar-refractivity contribution in [1.29, 1.82) is 0 Å². The zero-order valence-corrected chi connectivity index (χ0v) is 15.6. The zero-order valence-electron chi connectivity index (χ0n) is 13.2. The van der Waals surface area contributed by atoms with Gasteiger partial charge in [0.15, 0.2) is 4.80 Å². The van der Waals surface area contributed by atoms with E-state index in [0.29, 0.717) is 26.0 Å². The van der Waals surface area contributed by atoms with Crippen molar-refractivity contribution in [1.82, 2.24) is 4.57 Å². The molecular weight excluding hydrogens is 383 g/mol. The summed E-state index contributed by atoms with van der Waals surface area (Å²) in [5.74, 6) is -0.876. The Hall–Kier alpha value is -2.15. The fourth-order valence-electron chi connectivity index (χ4n) is 2.32. The summed E-state index contributed by atoms with van der Waals surface area (Å²) < 4.78 is 7.22. The Morgan fingerprint density at radius 1 is 1.12 bits per heavy atom. The number of benzene rings is 2. The van der Waals surface area contributed by atoms with Gasteiger partial charge < -0.3 is 9.30 Å². The van der Waals surface area contributed by atoms with Gasteiger partial charge in [-0.05, 0) is 36.4 Å². The molecular formula is C17H12Cl2N2O3S. The molecule has 1 amide bonds. The molecule has 2 aromatic carbocycles. The molecule has 0 saturated carbocycles. The number of carbonyl (C=O) groups is 2. The van der Waals surface area contributed by atoms with Gasteiger partial charge in [0.1, 0.15) is 0 Å². The predicted molar refractivity (Wildman–Crippen MR) is 98.5 cm³/mol. The Morgan fingerprint density at radius 3 is 2.40 bits per heavy atom. The number of aromatic nitrogens is 1. The van der Waals surface area contributed by atoms with Gasteiger partial charge in [-0.3, -0.25) is 4.79 Å². The number of aryl methyl sites for hydroxylation is 1. The molecule has 0 saturated heterocycles. The summed E-state index contributed by atoms with van der Waals surface area (Å²) in [5, 5.41) is 1.02. The number of hydrogen-bond acceptors (Lipinski definition) is 4. The first-order chi connectivity index (χ1) is 11.9. The maximum Gasteiger partial charge on any atom is 0.337 e. The van der Waals surface area contributed by atoms with Gasteiger partial charge in [-0.1, -0.05) is 34.5 Å². The van der Waals surface area contributed by atoms with E-state index in [4.69, 9.17) is 23.2 Å². The Bertz CT molecular complexity index is 1050. The molecule has 0 spiro atoms. The number of carbonyl (C=O) groups excluding carboxylic acids is 2. The maximum absolute atomic E-state index is 12.4. The van der Waals surface area contributed by atoms with E-state index in [1.165, 1.54) is 42.7 Å². The lowest BCUT2D eigenvalue weighted by Gasteiger charge is -2.00. The highest BCUT2D eigenvalue weighted by molar-refractivity contribution is 7.16. The van der Waals surface area contributed by atoms with Crippen LogP contribution in [-0.2, 0) is 11.8 Å². The lowest BCUT2D eigenvalue weighted by atomic mass is 10.1. The van der Waals surface area contributed by atoms with Gasteiger partial charge in [0.05, 0.1) is 27.9 Å². The van der Waals surface area contributed by atoms with Gasteiger partial charge in [0, 0.05) is 17.6 Å². The third kappa shape index (κ3) is 3.46. The number of fused-ring (bicyclic) bond motifs is 1. The first kappa shape index (κ1) is 17.7. The number of methoxy groups -OCH3 is 1. The lowest BCUT2D eigenvalue weighted by molar-refractivity contribution is 0.0600. The first-order valence-electron chi connectivity index (χ1n) is 7.12. The molecule has 0 N–H and O–H groups in total. The molecule has 0 unspecified atom stereocenters. The summed E-state index contributed by atoms with van der Waals surface area (Å²) >= 11 is 13.6. The average molecular weight is 395 g/mol. The van der Waals surface area contributed by atoms with Crippen molar-refractivity contribution in [3.63, 3.8) is 0 Å². The molecule has 0 fully saturated rings. The minimum absolute atomic E-state index is 0.368. The van der Waals surface area contributed by atoms with Crippen LogP contribution in [0.4, 0.5) is 0 Å². The molecule has 1 aromatic heterocycles. The second-order valence-electron chi connectivity index (χ2n) is 5.16. The largest absolute Gasteiger partial charge is 0.465 e. The van der Waals surface area contributed by atoms with E-state index in [1.54, 1.807) is 23.7 Å². The standard InChI is InChI=1S/C17H12Cl2N2O3S/c1-21-14-12(19)7-11(18)8-13(14)25-17(21)20-15(22)9-3-5-10(6-4-9)16(23)24-2/h3-8H,1-2H3. The molecule has 5 nitrogen and oxygen atoms in total. The fraction of sp³-hybridized carbons (Fsp3) is 0.118. The number of ether oxygens (including phenoxy) is 1. The van der Waals surface area contributed by atoms with Crippen LogP contribution in [0.3, 0.4) is 0 Å². The topological polar surface area (TPSA) is 60.7 Å². The second-order valence-corrected chi connectivity index (χ2v) is 7.02. The van der Waals surface area contributed by atoms with Crippen molar-refractivity contribution in [2.24, 2.45) is 12.0 Å². The van der Waals surface area contributed by atoms with E-state index in [-0.39, 0.29) is 0 Å². The van der Waals surface area contributed by atoms with Crippen LogP contribution in [0.5, 0.6) is 0 Å². The number of thiazole rings is 1. The summed E-state index contributed by atoms with van der Waals surface area (Å²) in [6, 6.07) is 9.55. The van der Waals surface area contributed by atoms with Crippen LogP contribution in [0.1, 0.15) is 20.7 Å². The zero-order chi connectivity index (χ0) is 18.1. The van der Waals surface area contributed by atoms with Gasteiger partial charge in [-0.25, -0.2) is 4.79 Å². The van der Waals surface area contributed by atoms with Gasteiger partial charge in [-0.2, -0.15) is 4.99 Å². The van der Waals surface area contributed by atoms with Gasteiger partial charge >= 0.3 is 5.97 Å². The van der Waals surface area contributed by atoms with Crippen LogP contribution in [0.15, 0.2) is 41.4 Å². The molecule has 0 aliphatic rings. The first-order valence-corrected chi connectivity index (χ1v) is 8.70. The highest BCUT2D eigenvalue weighted by Gasteiger charge is 2.12. The van der Waals surface area contributed by atoms with Gasteiger partial charge in [0.2, 0.25) is 0 Å². The van der Waals surface area contributed by atoms with Crippen LogP contribution < -0.4 is 4.80 Å². The van der Waals surface area contributed by atoms with Gasteiger partial charge in [-0.15, -0.1) is 0 Å². The Kier molecular flexibility index (Phi) is 4.94. The highest BCUT2D eigenvalue weighted by Crippen LogP contribution is 2.29. The van der Waals surface area contributed by atoms with Crippen molar-refractivity contribution in [3.05, 3.63) is 62.4 Å². The molecule has 0 bridgehead atoms. The summed E-state index contributed by atoms with van der Waals surface area (Å²) in [6.45, 7) is 0. The Labute approximate surface area is 157 Å². The van der Waals surface area contributed by atoms with Crippen LogP contribution in [0.2, 0.25) is 10.0 Å². The monoisotopic (exact) mass is 394 g/mol. The molecule has 0 aliphatic carbocycles. The summed E-state index contributed by atoms with van der Waals surface area (Å²) in [7, 11) is 3.08. The van der Waals surface area contributed by atoms with Crippen molar-refractivity contribution < 1.29 is 14.3 Å². The molecule has 0 aliphatic heterocycles. The van der Waals surface area contributed by atoms with Gasteiger partial charge in [0.25, 0.3) is 5.91 Å². The second kappa shape index (κ2) is 7.00. The fourth-order valence-corrected chi connectivity index (χ4v) is 4.15. The van der Waals surface area contributed by atoms with E-state index < -0.39 is 11.9 Å². The summed E-state index contributed by atoms with van der Waals surface area (Å²) in [4.78, 5) is 28.5. The molecule has 3 rings (SSSR count). The molecule has 1 heterocycles. The van der Waals surface area contributed by atoms with Crippen LogP contribution in [0.25, 0.3) is 10.2 Å². The summed E-state index contributed by atoms with van der Waals surface area (Å²) in [5.41, 5.74) is 1.51. The molecule has 3 aromatic rings. The van der Waals surface area contributed by atoms with Crippen LogP contribution >= 0.6 is 34.5 Å². The highest BCUT2D eigenvalue weighted by atomic mass is 35.5.